The third-order valence-corrected chi connectivity index (χ3v) is 9.89. The van der Waals surface area contributed by atoms with E-state index in [2.05, 4.69) is 19.0 Å². The maximum absolute atomic E-state index is 8.78. The summed E-state index contributed by atoms with van der Waals surface area (Å²) >= 11 is 0. The zero-order valence-electron chi connectivity index (χ0n) is 17.1. The lowest BCUT2D eigenvalue weighted by Crippen LogP contribution is -2.52. The Morgan fingerprint density at radius 3 is 2.58 bits per heavy atom. The van der Waals surface area contributed by atoms with E-state index in [9.17, 15) is 0 Å². The van der Waals surface area contributed by atoms with Crippen molar-refractivity contribution < 1.29 is 5.21 Å². The molecule has 0 heterocycles. The van der Waals surface area contributed by atoms with Gasteiger partial charge in [0.05, 0.1) is 0 Å². The van der Waals surface area contributed by atoms with Gasteiger partial charge in [0.25, 0.3) is 0 Å². The van der Waals surface area contributed by atoms with Crippen molar-refractivity contribution in [3.63, 3.8) is 0 Å². The third-order valence-electron chi connectivity index (χ3n) is 9.89. The lowest BCUT2D eigenvalue weighted by atomic mass is 9.45. The number of nitrogens with two attached hydrogens (primary N) is 1. The van der Waals surface area contributed by atoms with Crippen molar-refractivity contribution >= 4 is 5.84 Å². The Morgan fingerprint density at radius 1 is 0.962 bits per heavy atom. The summed E-state index contributed by atoms with van der Waals surface area (Å²) in [5.74, 6) is 5.26. The molecule has 0 radical (unpaired) electrons. The minimum atomic E-state index is 0.400. The topological polar surface area (TPSA) is 58.6 Å². The van der Waals surface area contributed by atoms with E-state index in [0.717, 1.165) is 42.4 Å². The van der Waals surface area contributed by atoms with Gasteiger partial charge in [-0.15, -0.1) is 0 Å². The van der Waals surface area contributed by atoms with Crippen LogP contribution in [0.4, 0.5) is 0 Å². The molecule has 0 saturated heterocycles. The highest BCUT2D eigenvalue weighted by molar-refractivity contribution is 5.79. The summed E-state index contributed by atoms with van der Waals surface area (Å²) in [4.78, 5) is 0. The molecule has 4 aliphatic rings. The molecule has 3 heteroatoms. The first-order valence-electron chi connectivity index (χ1n) is 11.5. The van der Waals surface area contributed by atoms with Crippen LogP contribution in [0.25, 0.3) is 0 Å². The Bertz CT molecular complexity index is 546. The molecular formula is C23H40N2O. The van der Waals surface area contributed by atoms with Crippen molar-refractivity contribution in [1.29, 1.82) is 0 Å². The van der Waals surface area contributed by atoms with E-state index in [-0.39, 0.29) is 0 Å². The standard InChI is InChI=1S/C23H40N2O/c1-22-14-4-3-6-16(22)9-11-18-19-12-10-17(7-5-8-21(24)25-26)23(19,2)15-13-20(18)22/h16-20,26H,3-15H2,1-2H3,(H2,24,25). The van der Waals surface area contributed by atoms with E-state index >= 15 is 0 Å². The maximum atomic E-state index is 8.78. The Kier molecular flexibility index (Phi) is 5.03. The Labute approximate surface area is 160 Å². The van der Waals surface area contributed by atoms with Crippen molar-refractivity contribution in [2.75, 3.05) is 0 Å². The van der Waals surface area contributed by atoms with E-state index in [1.54, 1.807) is 0 Å². The van der Waals surface area contributed by atoms with Gasteiger partial charge in [0, 0.05) is 6.42 Å². The molecule has 3 nitrogen and oxygen atoms in total. The first kappa shape index (κ1) is 18.6. The van der Waals surface area contributed by atoms with Crippen LogP contribution in [0, 0.1) is 40.4 Å². The highest BCUT2D eigenvalue weighted by Gasteiger charge is 2.59. The minimum absolute atomic E-state index is 0.400. The lowest BCUT2D eigenvalue weighted by molar-refractivity contribution is -0.111. The molecule has 148 valence electrons. The second kappa shape index (κ2) is 7.02. The molecule has 0 spiro atoms. The van der Waals surface area contributed by atoms with Crippen molar-refractivity contribution in [1.82, 2.24) is 0 Å². The van der Waals surface area contributed by atoms with Crippen LogP contribution in [0.1, 0.15) is 97.3 Å². The summed E-state index contributed by atoms with van der Waals surface area (Å²) in [6, 6.07) is 0. The van der Waals surface area contributed by atoms with Gasteiger partial charge in [0.2, 0.25) is 0 Å². The summed E-state index contributed by atoms with van der Waals surface area (Å²) in [7, 11) is 0. The Morgan fingerprint density at radius 2 is 1.77 bits per heavy atom. The zero-order valence-corrected chi connectivity index (χ0v) is 17.1. The summed E-state index contributed by atoms with van der Waals surface area (Å²) in [5.41, 5.74) is 6.91. The van der Waals surface area contributed by atoms with E-state index < -0.39 is 0 Å². The maximum Gasteiger partial charge on any atom is 0.139 e. The van der Waals surface area contributed by atoms with Gasteiger partial charge in [-0.25, -0.2) is 0 Å². The molecule has 4 saturated carbocycles. The number of hydrogen-bond acceptors (Lipinski definition) is 2. The summed E-state index contributed by atoms with van der Waals surface area (Å²) in [5, 5.41) is 11.9. The number of fused-ring (bicyclic) bond motifs is 5. The second-order valence-corrected chi connectivity index (χ2v) is 10.7. The van der Waals surface area contributed by atoms with Gasteiger partial charge in [-0.2, -0.15) is 0 Å². The first-order chi connectivity index (χ1) is 12.5. The molecular weight excluding hydrogens is 320 g/mol. The molecule has 26 heavy (non-hydrogen) atoms. The van der Waals surface area contributed by atoms with Crippen LogP contribution >= 0.6 is 0 Å². The monoisotopic (exact) mass is 360 g/mol. The molecule has 4 rings (SSSR count). The van der Waals surface area contributed by atoms with E-state index in [1.807, 2.05) is 0 Å². The smallest absolute Gasteiger partial charge is 0.139 e. The molecule has 7 atom stereocenters. The van der Waals surface area contributed by atoms with E-state index in [0.29, 0.717) is 16.7 Å². The normalized spacial score (nSPS) is 48.5. The Hall–Kier alpha value is -0.730. The first-order valence-corrected chi connectivity index (χ1v) is 11.5. The SMILES string of the molecule is CC12CCCCC1CCC1C2CCC2(C)C(CCC/C(N)=N/O)CCC12. The molecule has 0 aromatic carbocycles. The third kappa shape index (κ3) is 2.88. The van der Waals surface area contributed by atoms with E-state index in [4.69, 9.17) is 10.9 Å². The van der Waals surface area contributed by atoms with Gasteiger partial charge in [0.1, 0.15) is 5.84 Å². The fraction of sp³-hybridized carbons (Fsp3) is 0.957. The molecule has 3 N–H and O–H groups in total. The van der Waals surface area contributed by atoms with Crippen LogP contribution in [-0.2, 0) is 0 Å². The molecule has 0 amide bonds. The van der Waals surface area contributed by atoms with Crippen molar-refractivity contribution in [2.45, 2.75) is 97.3 Å². The number of hydrogen-bond donors (Lipinski definition) is 2. The van der Waals surface area contributed by atoms with Crippen LogP contribution < -0.4 is 5.73 Å². The van der Waals surface area contributed by atoms with Crippen LogP contribution in [0.5, 0.6) is 0 Å². The van der Waals surface area contributed by atoms with Gasteiger partial charge in [-0.3, -0.25) is 0 Å². The van der Waals surface area contributed by atoms with Crippen molar-refractivity contribution in [2.24, 2.45) is 51.3 Å². The molecule has 7 unspecified atom stereocenters. The van der Waals surface area contributed by atoms with Gasteiger partial charge in [0.15, 0.2) is 0 Å². The molecule has 0 aliphatic heterocycles. The minimum Gasteiger partial charge on any atom is -0.409 e. The Balaban J connectivity index is 1.46. The number of oxime groups is 1. The predicted octanol–water partition coefficient (Wildman–Crippen LogP) is 5.95. The van der Waals surface area contributed by atoms with Gasteiger partial charge >= 0.3 is 0 Å². The van der Waals surface area contributed by atoms with Crippen LogP contribution in [-0.4, -0.2) is 11.0 Å². The fourth-order valence-corrected chi connectivity index (χ4v) is 8.46. The van der Waals surface area contributed by atoms with E-state index in [1.165, 1.54) is 70.6 Å². The largest absolute Gasteiger partial charge is 0.409 e. The average molecular weight is 361 g/mol. The van der Waals surface area contributed by atoms with Gasteiger partial charge in [-0.1, -0.05) is 31.8 Å². The zero-order chi connectivity index (χ0) is 18.4. The molecule has 4 aliphatic carbocycles. The van der Waals surface area contributed by atoms with Crippen molar-refractivity contribution in [3.8, 4) is 0 Å². The number of rotatable bonds is 4. The predicted molar refractivity (Wildman–Crippen MR) is 107 cm³/mol. The molecule has 0 bridgehead atoms. The quantitative estimate of drug-likeness (QED) is 0.281. The molecule has 0 aromatic heterocycles. The summed E-state index contributed by atoms with van der Waals surface area (Å²) in [6.45, 7) is 5.31. The highest BCUT2D eigenvalue weighted by Crippen LogP contribution is 2.67. The second-order valence-electron chi connectivity index (χ2n) is 10.7. The van der Waals surface area contributed by atoms with Crippen molar-refractivity contribution in [3.05, 3.63) is 0 Å². The number of nitrogens with zero attached hydrogens (tertiary/aromatic N) is 1. The van der Waals surface area contributed by atoms with Crippen LogP contribution in [0.3, 0.4) is 0 Å². The highest BCUT2D eigenvalue weighted by atomic mass is 16.4. The number of amidine groups is 1. The molecule has 0 aromatic rings. The van der Waals surface area contributed by atoms with Crippen LogP contribution in [0.15, 0.2) is 5.16 Å². The summed E-state index contributed by atoms with van der Waals surface area (Å²) < 4.78 is 0. The molecule has 4 fully saturated rings. The lowest BCUT2D eigenvalue weighted by Gasteiger charge is -2.60. The van der Waals surface area contributed by atoms with Gasteiger partial charge in [-0.05, 0) is 105 Å². The van der Waals surface area contributed by atoms with Gasteiger partial charge < -0.3 is 10.9 Å². The fourth-order valence-electron chi connectivity index (χ4n) is 8.46. The summed E-state index contributed by atoms with van der Waals surface area (Å²) in [6.07, 6.45) is 17.9. The average Bonchev–Trinajstić information content (AvgIpc) is 2.97. The van der Waals surface area contributed by atoms with Crippen LogP contribution in [0.2, 0.25) is 0 Å².